The lowest BCUT2D eigenvalue weighted by atomic mass is 9.94. The summed E-state index contributed by atoms with van der Waals surface area (Å²) in [5.74, 6) is -10.7. The minimum atomic E-state index is -1.58. The zero-order valence-corrected chi connectivity index (χ0v) is 50.8. The van der Waals surface area contributed by atoms with Gasteiger partial charge in [0.15, 0.2) is 6.61 Å². The summed E-state index contributed by atoms with van der Waals surface area (Å²) in [6.07, 6.45) is 3.77. The van der Waals surface area contributed by atoms with Crippen molar-refractivity contribution in [1.29, 1.82) is 0 Å². The molecule has 0 bridgehead atoms. The summed E-state index contributed by atoms with van der Waals surface area (Å²) in [7, 11) is 0. The Morgan fingerprint density at radius 2 is 0.902 bits per heavy atom. The average Bonchev–Trinajstić information content (AvgIpc) is 1.64. The fourth-order valence-electron chi connectivity index (χ4n) is 13.0. The molecule has 23 heteroatoms. The molecule has 11 N–H and O–H groups in total. The lowest BCUT2D eigenvalue weighted by Gasteiger charge is -2.21. The molecule has 5 aromatic carbocycles. The number of nitrogens with one attached hydrogen (secondary N) is 7. The van der Waals surface area contributed by atoms with Crippen LogP contribution in [0.1, 0.15) is 112 Å². The number of unbranched alkanes of at least 4 members (excludes halogenated alkanes) is 1. The Kier molecular flexibility index (Phi) is 20.0. The van der Waals surface area contributed by atoms with Gasteiger partial charge >= 0.3 is 5.97 Å². The summed E-state index contributed by atoms with van der Waals surface area (Å²) in [5.41, 5.74) is 9.64. The summed E-state index contributed by atoms with van der Waals surface area (Å²) in [6, 6.07) is 39.5. The van der Waals surface area contributed by atoms with Crippen molar-refractivity contribution < 1.29 is 62.9 Å². The smallest absolute Gasteiger partial charge is 0.326 e. The lowest BCUT2D eigenvalue weighted by Crippen LogP contribution is -2.54. The summed E-state index contributed by atoms with van der Waals surface area (Å²) >= 11 is 0. The van der Waals surface area contributed by atoms with Crippen molar-refractivity contribution in [2.75, 3.05) is 52.5 Å². The van der Waals surface area contributed by atoms with E-state index in [2.05, 4.69) is 37.2 Å². The molecular weight excluding hydrogens is 1180 g/mol. The van der Waals surface area contributed by atoms with Gasteiger partial charge in [0.1, 0.15) is 17.8 Å². The Balaban J connectivity index is 0.818. The first-order chi connectivity index (χ1) is 44.5. The number of aliphatic hydroxyl groups is 1. The molecule has 6 aliphatic rings. The van der Waals surface area contributed by atoms with Crippen LogP contribution < -0.4 is 47.7 Å². The molecule has 0 radical (unpaired) electrons. The molecular formula is C69H78N10O13. The maximum atomic E-state index is 15.1. The van der Waals surface area contributed by atoms with Crippen molar-refractivity contribution in [3.63, 3.8) is 0 Å². The number of likely N-dealkylation sites (tertiary alicyclic amines) is 2. The number of rotatable bonds is 28. The van der Waals surface area contributed by atoms with Gasteiger partial charge in [-0.3, -0.25) is 43.2 Å². The maximum absolute atomic E-state index is 15.1. The molecule has 0 unspecified atom stereocenters. The van der Waals surface area contributed by atoms with Gasteiger partial charge < -0.3 is 67.7 Å². The number of ether oxygens (including phenoxy) is 1. The van der Waals surface area contributed by atoms with Crippen LogP contribution in [0, 0.1) is 23.7 Å². The second-order valence-corrected chi connectivity index (χ2v) is 25.1. The summed E-state index contributed by atoms with van der Waals surface area (Å²) in [6.45, 7) is -2.78. The second kappa shape index (κ2) is 28.8. The van der Waals surface area contributed by atoms with E-state index in [4.69, 9.17) is 10.5 Å². The lowest BCUT2D eigenvalue weighted by molar-refractivity contribution is -0.142. The first kappa shape index (κ1) is 64.1. The molecule has 2 saturated heterocycles. The number of nitrogens with two attached hydrogens (primary N) is 1. The van der Waals surface area contributed by atoms with E-state index in [0.717, 1.165) is 22.3 Å². The Hall–Kier alpha value is -9.48. The van der Waals surface area contributed by atoms with E-state index in [-0.39, 0.29) is 109 Å². The zero-order valence-electron chi connectivity index (χ0n) is 50.8. The van der Waals surface area contributed by atoms with Crippen molar-refractivity contribution in [3.05, 3.63) is 173 Å². The number of hydrogen-bond donors (Lipinski definition) is 10. The molecule has 0 spiro atoms. The van der Waals surface area contributed by atoms with E-state index in [1.807, 2.05) is 121 Å². The second-order valence-electron chi connectivity index (χ2n) is 25.1. The highest BCUT2D eigenvalue weighted by Crippen LogP contribution is 2.45. The van der Waals surface area contributed by atoms with E-state index in [0.29, 0.717) is 45.1 Å². The third-order valence-corrected chi connectivity index (χ3v) is 18.6. The van der Waals surface area contributed by atoms with Crippen LogP contribution in [-0.2, 0) is 38.4 Å². The van der Waals surface area contributed by atoms with Crippen LogP contribution in [0.25, 0.3) is 0 Å². The van der Waals surface area contributed by atoms with E-state index in [1.54, 1.807) is 0 Å². The monoisotopic (exact) mass is 1250 g/mol. The third-order valence-electron chi connectivity index (χ3n) is 18.6. The molecule has 5 aromatic rings. The first-order valence-electron chi connectivity index (χ1n) is 31.7. The Morgan fingerprint density at radius 3 is 1.28 bits per heavy atom. The number of aliphatic carboxylic acids is 1. The minimum Gasteiger partial charge on any atom is -0.483 e. The van der Waals surface area contributed by atoms with Gasteiger partial charge in [-0.2, -0.15) is 0 Å². The van der Waals surface area contributed by atoms with Gasteiger partial charge in [0, 0.05) is 79.6 Å². The fourth-order valence-corrected chi connectivity index (χ4v) is 13.0. The third kappa shape index (κ3) is 15.6. The number of benzene rings is 5. The molecule has 92 heavy (non-hydrogen) atoms. The van der Waals surface area contributed by atoms with Crippen molar-refractivity contribution in [2.45, 2.75) is 105 Å². The minimum absolute atomic E-state index is 0.0298. The number of hydrogen-bond acceptors (Lipinski definition) is 13. The molecule has 482 valence electrons. The largest absolute Gasteiger partial charge is 0.483 e. The molecule has 4 saturated carbocycles. The number of carboxylic acid groups (broad SMARTS) is 1. The number of carbonyl (C=O) groups is 10. The predicted molar refractivity (Wildman–Crippen MR) is 335 cm³/mol. The first-order valence-corrected chi connectivity index (χ1v) is 31.7. The van der Waals surface area contributed by atoms with Crippen LogP contribution in [0.2, 0.25) is 0 Å². The number of amides is 9. The van der Waals surface area contributed by atoms with Crippen LogP contribution in [0.5, 0.6) is 5.75 Å². The van der Waals surface area contributed by atoms with Gasteiger partial charge in [-0.1, -0.05) is 121 Å². The van der Waals surface area contributed by atoms with Crippen molar-refractivity contribution in [3.8, 4) is 5.75 Å². The van der Waals surface area contributed by atoms with Crippen molar-refractivity contribution in [1.82, 2.24) is 47.0 Å². The summed E-state index contributed by atoms with van der Waals surface area (Å²) in [5, 5.41) is 39.1. The summed E-state index contributed by atoms with van der Waals surface area (Å²) in [4.78, 5) is 142. The standard InChI is InChI=1S/C69H78N10O13/c70-26-14-13-23-53(69(90)91)73-66(87)58(37-80)72-60(81)32-71-61(82)38-92-59-27-43(67(88)78-33-49(62(83)74-54-28-45(54)39-15-5-1-6-16-39)50(34-78)63(84)75-55-29-46(55)40-17-7-2-8-18-40)24-25-44(59)68(89)79-35-51(64(85)76-56-30-47(56)41-19-9-3-10-20-41)52(36-79)65(86)77-57-31-48(57)42-21-11-4-12-22-42/h1-12,15-22,24-25,27,45-58,80H,13-14,23,26,28-38,70H2,(H,71,82)(H,72,81)(H,73,87)(H,74,83)(H,75,84)(H,76,85)(H,77,86)(H,90,91)/t45-,46-,47-,48-,49-,50-,51-,52-,53+,54+,55+,56+,57+,58+/m1/s1. The van der Waals surface area contributed by atoms with Gasteiger partial charge in [0.25, 0.3) is 17.7 Å². The number of nitrogens with zero attached hydrogens (tertiary/aromatic N) is 2. The van der Waals surface area contributed by atoms with E-state index < -0.39 is 103 Å². The highest BCUT2D eigenvalue weighted by Gasteiger charge is 2.51. The topological polar surface area (TPSA) is 337 Å². The number of aliphatic hydroxyl groups excluding tert-OH is 1. The van der Waals surface area contributed by atoms with E-state index >= 15 is 4.79 Å². The number of carboxylic acids is 1. The molecule has 6 fully saturated rings. The van der Waals surface area contributed by atoms with Crippen LogP contribution in [0.3, 0.4) is 0 Å². The predicted octanol–water partition coefficient (Wildman–Crippen LogP) is 2.42. The van der Waals surface area contributed by atoms with Crippen LogP contribution in [-0.4, -0.2) is 168 Å². The number of carbonyl (C=O) groups excluding carboxylic acids is 9. The highest BCUT2D eigenvalue weighted by atomic mass is 16.5. The fraction of sp³-hybridized carbons (Fsp3) is 0.420. The summed E-state index contributed by atoms with van der Waals surface area (Å²) < 4.78 is 6.09. The van der Waals surface area contributed by atoms with Gasteiger partial charge in [-0.05, 0) is 91.9 Å². The highest BCUT2D eigenvalue weighted by molar-refractivity contribution is 6.02. The van der Waals surface area contributed by atoms with E-state index in [9.17, 15) is 53.4 Å². The Labute approximate surface area is 532 Å². The SMILES string of the molecule is NCCCC[C@H](NC(=O)[C@H](CO)NC(=O)CNC(=O)COc1cc(C(=O)N2C[C@@H](C(=O)N[C@H]3C[C@@H]3c3ccccc3)[C@H](C(=O)N[C@H]3C[C@@H]3c3ccccc3)C2)ccc1C(=O)N1C[C@@H](C(=O)N[C@H]2C[C@@H]2c2ccccc2)[C@H](C(=O)N[C@H]2C[C@@H]2c2ccccc2)C1)C(=O)O. The molecule has 2 aliphatic heterocycles. The maximum Gasteiger partial charge on any atom is 0.326 e. The Bertz CT molecular complexity index is 3400. The van der Waals surface area contributed by atoms with Gasteiger partial charge in [-0.15, -0.1) is 0 Å². The van der Waals surface area contributed by atoms with Crippen molar-refractivity contribution in [2.24, 2.45) is 29.4 Å². The normalized spacial score (nSPS) is 25.4. The zero-order chi connectivity index (χ0) is 64.6. The Morgan fingerprint density at radius 1 is 0.500 bits per heavy atom. The molecule has 14 atom stereocenters. The molecule has 9 amide bonds. The molecule has 2 heterocycles. The average molecular weight is 1260 g/mol. The molecule has 23 nitrogen and oxygen atoms in total. The molecule has 4 aliphatic carbocycles. The molecule has 0 aromatic heterocycles. The van der Waals surface area contributed by atoms with Crippen molar-refractivity contribution >= 4 is 59.1 Å². The van der Waals surface area contributed by atoms with E-state index in [1.165, 1.54) is 28.0 Å². The van der Waals surface area contributed by atoms with Gasteiger partial charge in [0.05, 0.1) is 42.4 Å². The van der Waals surface area contributed by atoms with Gasteiger partial charge in [0.2, 0.25) is 35.4 Å². The van der Waals surface area contributed by atoms with Crippen LogP contribution in [0.4, 0.5) is 0 Å². The van der Waals surface area contributed by atoms with Gasteiger partial charge in [-0.25, -0.2) is 4.79 Å². The van der Waals surface area contributed by atoms with Crippen LogP contribution >= 0.6 is 0 Å². The van der Waals surface area contributed by atoms with Crippen LogP contribution in [0.15, 0.2) is 140 Å². The quantitative estimate of drug-likeness (QED) is 0.0322. The molecule has 11 rings (SSSR count).